The molecule has 1 saturated heterocycles. The second-order valence-electron chi connectivity index (χ2n) is 9.98. The number of fused-ring (bicyclic) bond motifs is 2. The molecule has 200 valence electrons. The van der Waals surface area contributed by atoms with E-state index in [0.29, 0.717) is 65.7 Å². The lowest BCUT2D eigenvalue weighted by molar-refractivity contribution is 0.0231. The molecular weight excluding hydrogens is 528 g/mol. The molecule has 3 aromatic heterocycles. The molecule has 1 aliphatic heterocycles. The highest BCUT2D eigenvalue weighted by Crippen LogP contribution is 2.28. The molecule has 1 N–H and O–H groups in total. The van der Waals surface area contributed by atoms with Crippen LogP contribution >= 0.6 is 22.9 Å². The number of nitrogens with zero attached hydrogens (tertiary/aromatic N) is 7. The fraction of sp³-hybridized carbons (Fsp3) is 0.440. The van der Waals surface area contributed by atoms with Crippen LogP contribution in [0.3, 0.4) is 0 Å². The maximum Gasteiger partial charge on any atom is 0.410 e. The Morgan fingerprint density at radius 1 is 1.18 bits per heavy atom. The summed E-state index contributed by atoms with van der Waals surface area (Å²) in [4.78, 5) is 47.0. The van der Waals surface area contributed by atoms with Gasteiger partial charge in [0.2, 0.25) is 0 Å². The van der Waals surface area contributed by atoms with Gasteiger partial charge in [-0.05, 0) is 39.3 Å². The molecule has 38 heavy (non-hydrogen) atoms. The van der Waals surface area contributed by atoms with Crippen LogP contribution in [0.15, 0.2) is 34.8 Å². The average Bonchev–Trinajstić information content (AvgIpc) is 3.36. The molecule has 1 atom stereocenters. The standard InChI is InChI=1S/C25H29ClN8O3S/c1-5-16(30-20-19-22(28-13-27-20)38-14-29-19)21-31-17-8-6-7-15(26)18(17)23(35)34(21)33-11-9-32(10-12-33)24(36)37-25(2,3)4/h6-8,13-14,16H,5,9-12H2,1-4H3,(H,27,28,30)/t16-/m0/s1. The van der Waals surface area contributed by atoms with E-state index < -0.39 is 5.60 Å². The van der Waals surface area contributed by atoms with Crippen molar-refractivity contribution in [3.63, 3.8) is 0 Å². The summed E-state index contributed by atoms with van der Waals surface area (Å²) in [7, 11) is 0. The molecule has 13 heteroatoms. The van der Waals surface area contributed by atoms with Crippen LogP contribution in [0.2, 0.25) is 5.02 Å². The molecule has 0 spiro atoms. The second kappa shape index (κ2) is 10.3. The summed E-state index contributed by atoms with van der Waals surface area (Å²) >= 11 is 7.90. The van der Waals surface area contributed by atoms with Crippen LogP contribution in [0.4, 0.5) is 10.6 Å². The van der Waals surface area contributed by atoms with Gasteiger partial charge in [0.15, 0.2) is 11.6 Å². The summed E-state index contributed by atoms with van der Waals surface area (Å²) in [5, 5.41) is 6.05. The molecule has 1 fully saturated rings. The molecule has 4 heterocycles. The molecular formula is C25H29ClN8O3S. The van der Waals surface area contributed by atoms with Crippen molar-refractivity contribution >= 4 is 56.1 Å². The number of thiazole rings is 1. The topological polar surface area (TPSA) is 118 Å². The molecule has 0 bridgehead atoms. The minimum atomic E-state index is -0.582. The highest BCUT2D eigenvalue weighted by atomic mass is 35.5. The molecule has 1 aromatic carbocycles. The zero-order valence-corrected chi connectivity index (χ0v) is 23.2. The van der Waals surface area contributed by atoms with Gasteiger partial charge in [0.25, 0.3) is 5.56 Å². The molecule has 1 aliphatic rings. The fourth-order valence-corrected chi connectivity index (χ4v) is 5.29. The quantitative estimate of drug-likeness (QED) is 0.385. The zero-order chi connectivity index (χ0) is 27.0. The number of aromatic nitrogens is 5. The van der Waals surface area contributed by atoms with Crippen LogP contribution in [-0.2, 0) is 4.74 Å². The van der Waals surface area contributed by atoms with Gasteiger partial charge in [0.05, 0.1) is 40.6 Å². The predicted molar refractivity (Wildman–Crippen MR) is 149 cm³/mol. The first-order chi connectivity index (χ1) is 18.2. The number of hydrogen-bond acceptors (Lipinski definition) is 10. The molecule has 0 radical (unpaired) electrons. The maximum absolute atomic E-state index is 13.9. The van der Waals surface area contributed by atoms with E-state index in [1.807, 2.05) is 32.7 Å². The second-order valence-corrected chi connectivity index (χ2v) is 11.2. The fourth-order valence-electron chi connectivity index (χ4n) is 4.42. The molecule has 0 unspecified atom stereocenters. The Morgan fingerprint density at radius 2 is 1.95 bits per heavy atom. The van der Waals surface area contributed by atoms with Crippen LogP contribution < -0.4 is 15.9 Å². The van der Waals surface area contributed by atoms with E-state index in [0.717, 1.165) is 4.83 Å². The van der Waals surface area contributed by atoms with Gasteiger partial charge in [0.1, 0.15) is 22.3 Å². The number of halogens is 1. The number of carbonyl (C=O) groups excluding carboxylic acids is 1. The van der Waals surface area contributed by atoms with E-state index in [1.165, 1.54) is 17.7 Å². The first-order valence-electron chi connectivity index (χ1n) is 12.4. The van der Waals surface area contributed by atoms with E-state index in [-0.39, 0.29) is 17.7 Å². The van der Waals surface area contributed by atoms with Crippen molar-refractivity contribution in [1.29, 1.82) is 0 Å². The zero-order valence-electron chi connectivity index (χ0n) is 21.6. The number of carbonyl (C=O) groups is 1. The lowest BCUT2D eigenvalue weighted by atomic mass is 10.1. The molecule has 0 saturated carbocycles. The monoisotopic (exact) mass is 556 g/mol. The average molecular weight is 557 g/mol. The van der Waals surface area contributed by atoms with E-state index in [9.17, 15) is 9.59 Å². The van der Waals surface area contributed by atoms with Crippen LogP contribution in [0.1, 0.15) is 46.0 Å². The summed E-state index contributed by atoms with van der Waals surface area (Å²) in [5.41, 5.74) is 2.06. The Kier molecular flexibility index (Phi) is 7.10. The highest BCUT2D eigenvalue weighted by Gasteiger charge is 2.30. The van der Waals surface area contributed by atoms with Crippen LogP contribution in [0.5, 0.6) is 0 Å². The van der Waals surface area contributed by atoms with Crippen molar-refractivity contribution in [1.82, 2.24) is 29.5 Å². The summed E-state index contributed by atoms with van der Waals surface area (Å²) < 4.78 is 7.13. The largest absolute Gasteiger partial charge is 0.444 e. The van der Waals surface area contributed by atoms with E-state index >= 15 is 0 Å². The third-order valence-corrected chi connectivity index (χ3v) is 7.25. The third-order valence-electron chi connectivity index (χ3n) is 6.21. The van der Waals surface area contributed by atoms with Gasteiger partial charge in [-0.1, -0.05) is 24.6 Å². The lowest BCUT2D eigenvalue weighted by Gasteiger charge is -2.38. The van der Waals surface area contributed by atoms with E-state index in [1.54, 1.807) is 33.3 Å². The molecule has 1 amide bonds. The number of anilines is 1. The smallest absolute Gasteiger partial charge is 0.410 e. The Morgan fingerprint density at radius 3 is 2.66 bits per heavy atom. The minimum Gasteiger partial charge on any atom is -0.444 e. The van der Waals surface area contributed by atoms with Crippen molar-refractivity contribution in [2.24, 2.45) is 0 Å². The van der Waals surface area contributed by atoms with Gasteiger partial charge in [0, 0.05) is 13.1 Å². The Labute approximate surface area is 228 Å². The number of rotatable bonds is 5. The first kappa shape index (κ1) is 26.1. The SMILES string of the molecule is CC[C@H](Nc1ncnc2scnc12)c1nc2cccc(Cl)c2c(=O)n1N1CCN(C(=O)OC(C)(C)C)CC1. The van der Waals surface area contributed by atoms with Crippen LogP contribution in [0, 0.1) is 0 Å². The van der Waals surface area contributed by atoms with Crippen molar-refractivity contribution in [3.8, 4) is 0 Å². The van der Waals surface area contributed by atoms with Gasteiger partial charge >= 0.3 is 6.09 Å². The van der Waals surface area contributed by atoms with Gasteiger partial charge in [-0.3, -0.25) is 4.79 Å². The number of piperazine rings is 1. The normalized spacial score (nSPS) is 15.2. The van der Waals surface area contributed by atoms with Gasteiger partial charge in [-0.25, -0.2) is 29.4 Å². The molecule has 0 aliphatic carbocycles. The first-order valence-corrected chi connectivity index (χ1v) is 13.7. The number of hydrogen-bond donors (Lipinski definition) is 1. The lowest BCUT2D eigenvalue weighted by Crippen LogP contribution is -2.57. The predicted octanol–water partition coefficient (Wildman–Crippen LogP) is 4.20. The Balaban J connectivity index is 1.53. The van der Waals surface area contributed by atoms with Crippen molar-refractivity contribution in [2.45, 2.75) is 45.8 Å². The van der Waals surface area contributed by atoms with Gasteiger partial charge < -0.3 is 20.0 Å². The Hall–Kier alpha value is -3.51. The van der Waals surface area contributed by atoms with Crippen molar-refractivity contribution in [2.75, 3.05) is 36.5 Å². The van der Waals surface area contributed by atoms with Crippen LogP contribution in [0.25, 0.3) is 21.3 Å². The molecule has 5 rings (SSSR count). The molecule has 4 aromatic rings. The number of ether oxygens (including phenoxy) is 1. The molecule has 11 nitrogen and oxygen atoms in total. The van der Waals surface area contributed by atoms with E-state index in [2.05, 4.69) is 20.3 Å². The highest BCUT2D eigenvalue weighted by molar-refractivity contribution is 7.16. The number of nitrogens with one attached hydrogen (secondary N) is 1. The van der Waals surface area contributed by atoms with Crippen molar-refractivity contribution < 1.29 is 9.53 Å². The summed E-state index contributed by atoms with van der Waals surface area (Å²) in [6, 6.07) is 4.89. The Bertz CT molecular complexity index is 1540. The number of amides is 1. The summed E-state index contributed by atoms with van der Waals surface area (Å²) in [6.45, 7) is 9.17. The summed E-state index contributed by atoms with van der Waals surface area (Å²) in [5.74, 6) is 1.10. The van der Waals surface area contributed by atoms with E-state index in [4.69, 9.17) is 21.3 Å². The maximum atomic E-state index is 13.9. The van der Waals surface area contributed by atoms with Crippen molar-refractivity contribution in [3.05, 3.63) is 51.2 Å². The van der Waals surface area contributed by atoms with Gasteiger partial charge in [-0.2, -0.15) is 0 Å². The number of benzene rings is 1. The van der Waals surface area contributed by atoms with Crippen LogP contribution in [-0.4, -0.2) is 67.4 Å². The van der Waals surface area contributed by atoms with Gasteiger partial charge in [-0.15, -0.1) is 11.3 Å². The summed E-state index contributed by atoms with van der Waals surface area (Å²) in [6.07, 6.45) is 1.74. The minimum absolute atomic E-state index is 0.261. The third kappa shape index (κ3) is 5.10.